The van der Waals surface area contributed by atoms with Crippen LogP contribution in [0.4, 0.5) is 26.3 Å². The Morgan fingerprint density at radius 1 is 1.09 bits per heavy atom. The molecule has 0 amide bonds. The van der Waals surface area contributed by atoms with Gasteiger partial charge >= 0.3 is 18.3 Å². The third-order valence-electron chi connectivity index (χ3n) is 2.73. The lowest BCUT2D eigenvalue weighted by Gasteiger charge is -2.17. The molecule has 0 aromatic heterocycles. The lowest BCUT2D eigenvalue weighted by Crippen LogP contribution is -2.19. The number of halogens is 6. The molecule has 0 aliphatic heterocycles. The summed E-state index contributed by atoms with van der Waals surface area (Å²) in [5, 5.41) is 0. The van der Waals surface area contributed by atoms with Gasteiger partial charge in [-0.1, -0.05) is 0 Å². The van der Waals surface area contributed by atoms with Crippen molar-refractivity contribution < 1.29 is 35.9 Å². The van der Waals surface area contributed by atoms with E-state index < -0.39 is 47.5 Å². The van der Waals surface area contributed by atoms with Gasteiger partial charge in [0, 0.05) is 6.04 Å². The number of hydrogen-bond acceptors (Lipinski definition) is 3. The van der Waals surface area contributed by atoms with Crippen LogP contribution >= 0.6 is 0 Å². The second kappa shape index (κ2) is 6.55. The van der Waals surface area contributed by atoms with Crippen LogP contribution in [0, 0.1) is 0 Å². The lowest BCUT2D eigenvalue weighted by atomic mass is 9.98. The molecule has 0 heterocycles. The maximum Gasteiger partial charge on any atom is 0.416 e. The Balaban J connectivity index is 3.21. The molecule has 9 heteroatoms. The Labute approximate surface area is 122 Å². The summed E-state index contributed by atoms with van der Waals surface area (Å²) in [6.07, 6.45) is -10.4. The number of alkyl halides is 6. The van der Waals surface area contributed by atoms with Crippen LogP contribution in [-0.4, -0.2) is 12.6 Å². The Morgan fingerprint density at radius 2 is 1.55 bits per heavy atom. The van der Waals surface area contributed by atoms with Gasteiger partial charge in [-0.2, -0.15) is 26.3 Å². The summed E-state index contributed by atoms with van der Waals surface area (Å²) >= 11 is 0. The van der Waals surface area contributed by atoms with E-state index in [9.17, 15) is 31.1 Å². The number of carbonyl (C=O) groups excluding carboxylic acids is 1. The van der Waals surface area contributed by atoms with Crippen LogP contribution < -0.4 is 5.73 Å². The summed E-state index contributed by atoms with van der Waals surface area (Å²) in [7, 11) is 0. The van der Waals surface area contributed by atoms with E-state index in [-0.39, 0.29) is 12.7 Å². The van der Waals surface area contributed by atoms with Crippen LogP contribution in [0.15, 0.2) is 18.2 Å². The molecule has 0 spiro atoms. The van der Waals surface area contributed by atoms with Crippen molar-refractivity contribution in [2.24, 2.45) is 5.73 Å². The van der Waals surface area contributed by atoms with Crippen molar-refractivity contribution in [3.63, 3.8) is 0 Å². The number of nitrogens with two attached hydrogens (primary N) is 1. The smallest absolute Gasteiger partial charge is 0.416 e. The van der Waals surface area contributed by atoms with E-state index in [4.69, 9.17) is 5.73 Å². The highest BCUT2D eigenvalue weighted by Crippen LogP contribution is 2.37. The van der Waals surface area contributed by atoms with Crippen molar-refractivity contribution in [1.29, 1.82) is 0 Å². The van der Waals surface area contributed by atoms with E-state index in [1.807, 2.05) is 0 Å². The van der Waals surface area contributed by atoms with Crippen molar-refractivity contribution in [1.82, 2.24) is 0 Å². The van der Waals surface area contributed by atoms with Crippen molar-refractivity contribution >= 4 is 5.97 Å². The predicted octanol–water partition coefficient (Wildman–Crippen LogP) is 3.68. The zero-order chi connectivity index (χ0) is 17.1. The van der Waals surface area contributed by atoms with Crippen molar-refractivity contribution in [2.75, 3.05) is 6.61 Å². The standard InChI is InChI=1S/C13H13F6NO2/c1-2-22-11(21)6-10(20)7-3-8(12(14,15)16)5-9(4-7)13(17,18)19/h3-5,10H,2,6,20H2,1H3/t10-/m0/s1. The zero-order valence-electron chi connectivity index (χ0n) is 11.4. The van der Waals surface area contributed by atoms with E-state index >= 15 is 0 Å². The lowest BCUT2D eigenvalue weighted by molar-refractivity contribution is -0.143. The molecule has 0 fully saturated rings. The van der Waals surface area contributed by atoms with Crippen LogP contribution in [0.1, 0.15) is 36.1 Å². The van der Waals surface area contributed by atoms with Crippen molar-refractivity contribution in [2.45, 2.75) is 31.7 Å². The first-order chi connectivity index (χ1) is 9.95. The SMILES string of the molecule is CCOC(=O)C[C@H](N)c1cc(C(F)(F)F)cc(C(F)(F)F)c1. The molecule has 0 saturated carbocycles. The minimum absolute atomic E-state index is 0.000580. The molecular weight excluding hydrogens is 316 g/mol. The molecule has 3 nitrogen and oxygen atoms in total. The third kappa shape index (κ3) is 4.90. The van der Waals surface area contributed by atoms with Gasteiger partial charge in [0.2, 0.25) is 0 Å². The Hall–Kier alpha value is -1.77. The monoisotopic (exact) mass is 329 g/mol. The van der Waals surface area contributed by atoms with Crippen LogP contribution in [0.2, 0.25) is 0 Å². The molecule has 1 rings (SSSR count). The molecule has 2 N–H and O–H groups in total. The van der Waals surface area contributed by atoms with E-state index in [0.29, 0.717) is 12.1 Å². The zero-order valence-corrected chi connectivity index (χ0v) is 11.4. The first-order valence-corrected chi connectivity index (χ1v) is 6.15. The van der Waals surface area contributed by atoms with Crippen molar-refractivity contribution in [3.05, 3.63) is 34.9 Å². The average molecular weight is 329 g/mol. The second-order valence-electron chi connectivity index (χ2n) is 4.45. The topological polar surface area (TPSA) is 52.3 Å². The summed E-state index contributed by atoms with van der Waals surface area (Å²) in [6.45, 7) is 1.54. The van der Waals surface area contributed by atoms with Crippen molar-refractivity contribution in [3.8, 4) is 0 Å². The minimum Gasteiger partial charge on any atom is -0.466 e. The predicted molar refractivity (Wildman–Crippen MR) is 64.6 cm³/mol. The molecule has 0 aliphatic carbocycles. The third-order valence-corrected chi connectivity index (χ3v) is 2.73. The fourth-order valence-electron chi connectivity index (χ4n) is 1.71. The molecule has 0 aliphatic rings. The Kier molecular flexibility index (Phi) is 5.44. The summed E-state index contributed by atoms with van der Waals surface area (Å²) < 4.78 is 80.7. The fourth-order valence-corrected chi connectivity index (χ4v) is 1.71. The summed E-state index contributed by atoms with van der Waals surface area (Å²) in [5.74, 6) is -0.805. The second-order valence-corrected chi connectivity index (χ2v) is 4.45. The van der Waals surface area contributed by atoms with Crippen LogP contribution in [0.25, 0.3) is 0 Å². The van der Waals surface area contributed by atoms with E-state index in [0.717, 1.165) is 0 Å². The van der Waals surface area contributed by atoms with Crippen LogP contribution in [0.5, 0.6) is 0 Å². The molecule has 124 valence electrons. The van der Waals surface area contributed by atoms with Gasteiger partial charge in [0.05, 0.1) is 24.2 Å². The van der Waals surface area contributed by atoms with Gasteiger partial charge in [0.15, 0.2) is 0 Å². The largest absolute Gasteiger partial charge is 0.466 e. The van der Waals surface area contributed by atoms with Gasteiger partial charge in [-0.25, -0.2) is 0 Å². The number of esters is 1. The highest BCUT2D eigenvalue weighted by atomic mass is 19.4. The normalized spacial score (nSPS) is 13.8. The average Bonchev–Trinajstić information content (AvgIpc) is 2.36. The quantitative estimate of drug-likeness (QED) is 0.677. The first-order valence-electron chi connectivity index (χ1n) is 6.15. The first kappa shape index (κ1) is 18.3. The minimum atomic E-state index is -4.96. The molecule has 22 heavy (non-hydrogen) atoms. The van der Waals surface area contributed by atoms with Gasteiger partial charge < -0.3 is 10.5 Å². The molecule has 1 aromatic carbocycles. The fraction of sp³-hybridized carbons (Fsp3) is 0.462. The highest BCUT2D eigenvalue weighted by molar-refractivity contribution is 5.70. The van der Waals surface area contributed by atoms with Gasteiger partial charge in [0.1, 0.15) is 0 Å². The van der Waals surface area contributed by atoms with E-state index in [1.165, 1.54) is 6.92 Å². The molecule has 1 aromatic rings. The van der Waals surface area contributed by atoms with Gasteiger partial charge in [-0.05, 0) is 30.7 Å². The molecule has 1 atom stereocenters. The van der Waals surface area contributed by atoms with E-state index in [2.05, 4.69) is 4.74 Å². The van der Waals surface area contributed by atoms with Gasteiger partial charge in [-0.3, -0.25) is 4.79 Å². The summed E-state index contributed by atoms with van der Waals surface area (Å²) in [6, 6.07) is -0.332. The molecule has 0 saturated heterocycles. The maximum atomic E-state index is 12.7. The number of rotatable bonds is 4. The maximum absolute atomic E-state index is 12.7. The Bertz CT molecular complexity index is 506. The molecule has 0 unspecified atom stereocenters. The Morgan fingerprint density at radius 3 is 1.91 bits per heavy atom. The number of hydrogen-bond donors (Lipinski definition) is 1. The number of benzene rings is 1. The number of ether oxygens (including phenoxy) is 1. The van der Waals surface area contributed by atoms with E-state index in [1.54, 1.807) is 0 Å². The van der Waals surface area contributed by atoms with Crippen LogP contribution in [0.3, 0.4) is 0 Å². The van der Waals surface area contributed by atoms with Crippen LogP contribution in [-0.2, 0) is 21.9 Å². The molecule has 0 radical (unpaired) electrons. The molecule has 0 bridgehead atoms. The van der Waals surface area contributed by atoms with Gasteiger partial charge in [-0.15, -0.1) is 0 Å². The highest BCUT2D eigenvalue weighted by Gasteiger charge is 2.37. The van der Waals surface area contributed by atoms with Gasteiger partial charge in [0.25, 0.3) is 0 Å². The molecular formula is C13H13F6NO2. The summed E-state index contributed by atoms with van der Waals surface area (Å²) in [5.41, 5.74) is 2.13. The number of carbonyl (C=O) groups is 1. The summed E-state index contributed by atoms with van der Waals surface area (Å²) in [4.78, 5) is 11.2.